The normalized spacial score (nSPS) is 10.6. The van der Waals surface area contributed by atoms with Crippen LogP contribution >= 0.6 is 15.9 Å². The first kappa shape index (κ1) is 16.4. The maximum Gasteiger partial charge on any atom is 0.263 e. The number of aromatic nitrogens is 4. The Kier molecular flexibility index (Phi) is 5.43. The summed E-state index contributed by atoms with van der Waals surface area (Å²) in [5.74, 6) is 1.34. The zero-order chi connectivity index (χ0) is 16.8. The van der Waals surface area contributed by atoms with Gasteiger partial charge in [-0.15, -0.1) is 5.10 Å². The number of nitrogens with zero attached hydrogens (tertiary/aromatic N) is 4. The zero-order valence-electron chi connectivity index (χ0n) is 13.3. The highest BCUT2D eigenvalue weighted by atomic mass is 79.9. The summed E-state index contributed by atoms with van der Waals surface area (Å²) in [4.78, 5) is 1.54. The van der Waals surface area contributed by atoms with Crippen molar-refractivity contribution in [1.82, 2.24) is 20.2 Å². The molecule has 0 bridgehead atoms. The molecule has 0 saturated carbocycles. The third-order valence-corrected chi connectivity index (χ3v) is 4.04. The van der Waals surface area contributed by atoms with Gasteiger partial charge in [0.2, 0.25) is 0 Å². The Morgan fingerprint density at radius 2 is 1.96 bits per heavy atom. The van der Waals surface area contributed by atoms with Gasteiger partial charge < -0.3 is 10.1 Å². The maximum absolute atomic E-state index is 5.85. The fourth-order valence-electron chi connectivity index (χ4n) is 2.14. The lowest BCUT2D eigenvalue weighted by atomic mass is 10.2. The average molecular weight is 388 g/mol. The predicted octanol–water partition coefficient (Wildman–Crippen LogP) is 3.65. The Balaban J connectivity index is 1.57. The van der Waals surface area contributed by atoms with E-state index in [4.69, 9.17) is 4.74 Å². The number of nitrogens with one attached hydrogen (secondary N) is 1. The molecule has 0 spiro atoms. The molecule has 0 amide bonds. The molecule has 2 aromatic carbocycles. The predicted molar refractivity (Wildman–Crippen MR) is 95.7 cm³/mol. The van der Waals surface area contributed by atoms with Crippen LogP contribution in [0.25, 0.3) is 0 Å². The molecule has 1 N–H and O–H groups in total. The van der Waals surface area contributed by atoms with Gasteiger partial charge in [0.25, 0.3) is 5.95 Å². The molecule has 7 heteroatoms. The molecule has 0 aliphatic rings. The van der Waals surface area contributed by atoms with E-state index in [0.29, 0.717) is 25.6 Å². The number of hydrogen-bond donors (Lipinski definition) is 1. The number of rotatable bonds is 7. The first-order valence-electron chi connectivity index (χ1n) is 7.71. The van der Waals surface area contributed by atoms with Crippen LogP contribution in [0.3, 0.4) is 0 Å². The van der Waals surface area contributed by atoms with Crippen molar-refractivity contribution in [3.05, 3.63) is 64.1 Å². The minimum atomic E-state index is 0.525. The Bertz CT molecular complexity index is 791. The Labute approximate surface area is 149 Å². The molecule has 6 nitrogen and oxygen atoms in total. The molecule has 1 heterocycles. The summed E-state index contributed by atoms with van der Waals surface area (Å²) < 4.78 is 6.77. The van der Waals surface area contributed by atoms with Gasteiger partial charge in [-0.25, -0.2) is 0 Å². The third kappa shape index (κ3) is 4.32. The first-order chi connectivity index (χ1) is 11.7. The van der Waals surface area contributed by atoms with Crippen molar-refractivity contribution in [3.8, 4) is 5.75 Å². The lowest BCUT2D eigenvalue weighted by Gasteiger charge is -2.10. The topological polar surface area (TPSA) is 64.9 Å². The van der Waals surface area contributed by atoms with E-state index in [9.17, 15) is 0 Å². The SMILES string of the molecule is CCn1nnc(NCc2ccc(OCc3ccccc3)c(Br)c2)n1. The smallest absolute Gasteiger partial charge is 0.263 e. The first-order valence-corrected chi connectivity index (χ1v) is 8.50. The monoisotopic (exact) mass is 387 g/mol. The van der Waals surface area contributed by atoms with Crippen LogP contribution in [0.1, 0.15) is 18.1 Å². The molecular formula is C17H18BrN5O. The van der Waals surface area contributed by atoms with Gasteiger partial charge in [-0.05, 0) is 51.3 Å². The van der Waals surface area contributed by atoms with Gasteiger partial charge in [0, 0.05) is 6.54 Å². The number of aryl methyl sites for hydroxylation is 1. The van der Waals surface area contributed by atoms with E-state index in [2.05, 4.69) is 36.7 Å². The fraction of sp³-hybridized carbons (Fsp3) is 0.235. The number of tetrazole rings is 1. The van der Waals surface area contributed by atoms with Crippen LogP contribution in [0.15, 0.2) is 53.0 Å². The van der Waals surface area contributed by atoms with Gasteiger partial charge in [0.1, 0.15) is 12.4 Å². The van der Waals surface area contributed by atoms with E-state index in [1.54, 1.807) is 4.80 Å². The average Bonchev–Trinajstić information content (AvgIpc) is 3.08. The van der Waals surface area contributed by atoms with Crippen LogP contribution in [0, 0.1) is 0 Å². The Morgan fingerprint density at radius 3 is 2.67 bits per heavy atom. The van der Waals surface area contributed by atoms with E-state index >= 15 is 0 Å². The highest BCUT2D eigenvalue weighted by molar-refractivity contribution is 9.10. The molecular weight excluding hydrogens is 370 g/mol. The molecule has 24 heavy (non-hydrogen) atoms. The zero-order valence-corrected chi connectivity index (χ0v) is 14.9. The lowest BCUT2D eigenvalue weighted by Crippen LogP contribution is -2.03. The van der Waals surface area contributed by atoms with E-state index < -0.39 is 0 Å². The highest BCUT2D eigenvalue weighted by Crippen LogP contribution is 2.27. The van der Waals surface area contributed by atoms with Crippen LogP contribution in [0.2, 0.25) is 0 Å². The van der Waals surface area contributed by atoms with Crippen molar-refractivity contribution < 1.29 is 4.74 Å². The van der Waals surface area contributed by atoms with Crippen LogP contribution in [-0.2, 0) is 19.7 Å². The quantitative estimate of drug-likeness (QED) is 0.670. The second-order valence-electron chi connectivity index (χ2n) is 5.19. The third-order valence-electron chi connectivity index (χ3n) is 3.42. The molecule has 0 aliphatic heterocycles. The Hall–Kier alpha value is -2.41. The van der Waals surface area contributed by atoms with Crippen LogP contribution in [0.5, 0.6) is 5.75 Å². The van der Waals surface area contributed by atoms with Gasteiger partial charge in [-0.1, -0.05) is 41.5 Å². The number of anilines is 1. The summed E-state index contributed by atoms with van der Waals surface area (Å²) in [6, 6.07) is 16.1. The van der Waals surface area contributed by atoms with E-state index in [1.807, 2.05) is 55.5 Å². The van der Waals surface area contributed by atoms with Crippen LogP contribution < -0.4 is 10.1 Å². The summed E-state index contributed by atoms with van der Waals surface area (Å²) >= 11 is 3.56. The van der Waals surface area contributed by atoms with E-state index in [1.165, 1.54) is 0 Å². The van der Waals surface area contributed by atoms with Crippen molar-refractivity contribution in [1.29, 1.82) is 0 Å². The van der Waals surface area contributed by atoms with Crippen molar-refractivity contribution >= 4 is 21.9 Å². The standard InChI is InChI=1S/C17H18BrN5O/c1-2-23-21-17(20-22-23)19-11-14-8-9-16(15(18)10-14)24-12-13-6-4-3-5-7-13/h3-10H,2,11-12H2,1H3,(H,19,21). The minimum Gasteiger partial charge on any atom is -0.488 e. The molecule has 0 fully saturated rings. The maximum atomic E-state index is 5.85. The molecule has 3 aromatic rings. The number of halogens is 1. The number of ether oxygens (including phenoxy) is 1. The molecule has 0 saturated heterocycles. The molecule has 0 unspecified atom stereocenters. The molecule has 124 valence electrons. The summed E-state index contributed by atoms with van der Waals surface area (Å²) in [6.07, 6.45) is 0. The molecule has 3 rings (SSSR count). The summed E-state index contributed by atoms with van der Waals surface area (Å²) in [5, 5.41) is 15.2. The second-order valence-corrected chi connectivity index (χ2v) is 6.05. The van der Waals surface area contributed by atoms with Gasteiger partial charge in [0.15, 0.2) is 0 Å². The van der Waals surface area contributed by atoms with E-state index in [-0.39, 0.29) is 0 Å². The van der Waals surface area contributed by atoms with E-state index in [0.717, 1.165) is 21.3 Å². The summed E-state index contributed by atoms with van der Waals surface area (Å²) in [6.45, 7) is 3.83. The second kappa shape index (κ2) is 7.92. The highest BCUT2D eigenvalue weighted by Gasteiger charge is 2.05. The van der Waals surface area contributed by atoms with Crippen molar-refractivity contribution in [3.63, 3.8) is 0 Å². The van der Waals surface area contributed by atoms with Crippen molar-refractivity contribution in [2.75, 3.05) is 5.32 Å². The summed E-state index contributed by atoms with van der Waals surface area (Å²) in [7, 11) is 0. The fourth-order valence-corrected chi connectivity index (χ4v) is 2.68. The Morgan fingerprint density at radius 1 is 1.12 bits per heavy atom. The van der Waals surface area contributed by atoms with Crippen LogP contribution in [0.4, 0.5) is 5.95 Å². The molecule has 0 radical (unpaired) electrons. The number of benzene rings is 2. The largest absolute Gasteiger partial charge is 0.488 e. The minimum absolute atomic E-state index is 0.525. The molecule has 0 atom stereocenters. The van der Waals surface area contributed by atoms with Gasteiger partial charge in [0.05, 0.1) is 11.0 Å². The van der Waals surface area contributed by atoms with Gasteiger partial charge >= 0.3 is 0 Å². The molecule has 1 aromatic heterocycles. The van der Waals surface area contributed by atoms with Gasteiger partial charge in [-0.3, -0.25) is 0 Å². The van der Waals surface area contributed by atoms with Crippen LogP contribution in [-0.4, -0.2) is 20.2 Å². The van der Waals surface area contributed by atoms with Gasteiger partial charge in [-0.2, -0.15) is 4.80 Å². The molecule has 0 aliphatic carbocycles. The number of hydrogen-bond acceptors (Lipinski definition) is 5. The lowest BCUT2D eigenvalue weighted by molar-refractivity contribution is 0.304. The van der Waals surface area contributed by atoms with Crippen molar-refractivity contribution in [2.24, 2.45) is 0 Å². The summed E-state index contributed by atoms with van der Waals surface area (Å²) in [5.41, 5.74) is 2.24. The van der Waals surface area contributed by atoms with Crippen molar-refractivity contribution in [2.45, 2.75) is 26.6 Å².